The molecule has 0 bridgehead atoms. The molecule has 0 radical (unpaired) electrons. The van der Waals surface area contributed by atoms with E-state index in [2.05, 4.69) is 0 Å². The Morgan fingerprint density at radius 3 is 2.44 bits per heavy atom. The lowest BCUT2D eigenvalue weighted by molar-refractivity contribution is -0.127. The lowest BCUT2D eigenvalue weighted by atomic mass is 9.97. The number of hydrogen-bond donors (Lipinski definition) is 0. The van der Waals surface area contributed by atoms with Crippen LogP contribution in [0.1, 0.15) is 31.2 Å². The van der Waals surface area contributed by atoms with Gasteiger partial charge in [-0.3, -0.25) is 8.98 Å². The van der Waals surface area contributed by atoms with Crippen molar-refractivity contribution >= 4 is 15.9 Å². The van der Waals surface area contributed by atoms with Crippen molar-refractivity contribution in [2.24, 2.45) is 0 Å². The Morgan fingerprint density at radius 1 is 1.17 bits per heavy atom. The van der Waals surface area contributed by atoms with Crippen LogP contribution in [0.4, 0.5) is 0 Å². The quantitative estimate of drug-likeness (QED) is 0.789. The second-order valence-electron chi connectivity index (χ2n) is 4.56. The molecule has 4 nitrogen and oxygen atoms in total. The van der Waals surface area contributed by atoms with Crippen LogP contribution in [0, 0.1) is 6.92 Å². The van der Waals surface area contributed by atoms with Gasteiger partial charge in [0.25, 0.3) is 10.1 Å². The second-order valence-corrected chi connectivity index (χ2v) is 6.14. The standard InChI is InChI=1S/C13H16O4S/c1-10-6-8-11(9-7-10)18(15,16)17-13-5-3-2-4-12(13)14/h6-9,13H,2-5H2,1H3/t13-/m0/s1. The van der Waals surface area contributed by atoms with Gasteiger partial charge in [0.05, 0.1) is 4.90 Å². The summed E-state index contributed by atoms with van der Waals surface area (Å²) >= 11 is 0. The first-order chi connectivity index (χ1) is 8.49. The zero-order valence-corrected chi connectivity index (χ0v) is 11.1. The minimum absolute atomic E-state index is 0.103. The van der Waals surface area contributed by atoms with E-state index in [1.54, 1.807) is 12.1 Å². The van der Waals surface area contributed by atoms with Crippen LogP contribution in [-0.4, -0.2) is 20.3 Å². The van der Waals surface area contributed by atoms with Crippen molar-refractivity contribution in [1.29, 1.82) is 0 Å². The van der Waals surface area contributed by atoms with Crippen molar-refractivity contribution in [3.63, 3.8) is 0 Å². The highest BCUT2D eigenvalue weighted by Gasteiger charge is 2.29. The fourth-order valence-corrected chi connectivity index (χ4v) is 3.06. The van der Waals surface area contributed by atoms with Gasteiger partial charge < -0.3 is 0 Å². The third-order valence-electron chi connectivity index (χ3n) is 3.05. The monoisotopic (exact) mass is 268 g/mol. The molecule has 98 valence electrons. The van der Waals surface area contributed by atoms with Crippen LogP contribution in [0.25, 0.3) is 0 Å². The second kappa shape index (κ2) is 5.20. The fourth-order valence-electron chi connectivity index (χ4n) is 1.97. The zero-order valence-electron chi connectivity index (χ0n) is 10.3. The van der Waals surface area contributed by atoms with Gasteiger partial charge in [0, 0.05) is 6.42 Å². The van der Waals surface area contributed by atoms with E-state index in [-0.39, 0.29) is 10.7 Å². The zero-order chi connectivity index (χ0) is 13.2. The molecule has 1 aromatic rings. The summed E-state index contributed by atoms with van der Waals surface area (Å²) in [5.74, 6) is -0.114. The minimum Gasteiger partial charge on any atom is -0.297 e. The number of carbonyl (C=O) groups is 1. The Morgan fingerprint density at radius 2 is 1.83 bits per heavy atom. The molecule has 0 aliphatic heterocycles. The fraction of sp³-hybridized carbons (Fsp3) is 0.462. The summed E-state index contributed by atoms with van der Waals surface area (Å²) in [4.78, 5) is 11.7. The van der Waals surface area contributed by atoms with Gasteiger partial charge in [-0.2, -0.15) is 8.42 Å². The van der Waals surface area contributed by atoms with E-state index >= 15 is 0 Å². The van der Waals surface area contributed by atoms with Gasteiger partial charge in [0.1, 0.15) is 6.10 Å². The lowest BCUT2D eigenvalue weighted by Crippen LogP contribution is -2.30. The molecule has 0 spiro atoms. The van der Waals surface area contributed by atoms with E-state index < -0.39 is 16.2 Å². The molecule has 1 saturated carbocycles. The molecule has 0 unspecified atom stereocenters. The molecule has 5 heteroatoms. The molecule has 1 fully saturated rings. The summed E-state index contributed by atoms with van der Waals surface area (Å²) in [6, 6.07) is 6.41. The van der Waals surface area contributed by atoms with E-state index in [4.69, 9.17) is 4.18 Å². The van der Waals surface area contributed by atoms with Crippen LogP contribution < -0.4 is 0 Å². The van der Waals surface area contributed by atoms with Gasteiger partial charge in [-0.15, -0.1) is 0 Å². The van der Waals surface area contributed by atoms with E-state index in [9.17, 15) is 13.2 Å². The van der Waals surface area contributed by atoms with E-state index in [1.807, 2.05) is 6.92 Å². The molecule has 0 amide bonds. The lowest BCUT2D eigenvalue weighted by Gasteiger charge is -2.20. The molecule has 0 N–H and O–H groups in total. The average Bonchev–Trinajstić information content (AvgIpc) is 2.32. The topological polar surface area (TPSA) is 60.4 Å². The number of aryl methyl sites for hydroxylation is 1. The van der Waals surface area contributed by atoms with Gasteiger partial charge >= 0.3 is 0 Å². The molecule has 1 aliphatic rings. The maximum atomic E-state index is 12.0. The largest absolute Gasteiger partial charge is 0.297 e. The Bertz CT molecular complexity index is 531. The smallest absolute Gasteiger partial charge is 0.297 e. The maximum Gasteiger partial charge on any atom is 0.297 e. The van der Waals surface area contributed by atoms with Gasteiger partial charge in [0.15, 0.2) is 5.78 Å². The average molecular weight is 268 g/mol. The Labute approximate surface area is 107 Å². The molecular formula is C13H16O4S. The highest BCUT2D eigenvalue weighted by atomic mass is 32.2. The van der Waals surface area contributed by atoms with Crippen molar-refractivity contribution in [2.75, 3.05) is 0 Å². The number of Topliss-reactive ketones (excluding diaryl/α,β-unsaturated/α-hetero) is 1. The SMILES string of the molecule is Cc1ccc(S(=O)(=O)O[C@H]2CCCCC2=O)cc1. The molecule has 0 saturated heterocycles. The van der Waals surface area contributed by atoms with Crippen LogP contribution in [0.5, 0.6) is 0 Å². The van der Waals surface area contributed by atoms with E-state index in [0.717, 1.165) is 18.4 Å². The first kappa shape index (κ1) is 13.2. The summed E-state index contributed by atoms with van der Waals surface area (Å²) in [6.45, 7) is 1.88. The highest BCUT2D eigenvalue weighted by molar-refractivity contribution is 7.86. The predicted octanol–water partition coefficient (Wildman–Crippen LogP) is 2.21. The van der Waals surface area contributed by atoms with Gasteiger partial charge in [0.2, 0.25) is 0 Å². The molecule has 18 heavy (non-hydrogen) atoms. The number of hydrogen-bond acceptors (Lipinski definition) is 4. The number of carbonyl (C=O) groups excluding carboxylic acids is 1. The van der Waals surface area contributed by atoms with Crippen LogP contribution in [0.15, 0.2) is 29.2 Å². The predicted molar refractivity (Wildman–Crippen MR) is 66.7 cm³/mol. The van der Waals surface area contributed by atoms with Gasteiger partial charge in [-0.05, 0) is 38.3 Å². The Kier molecular flexibility index (Phi) is 3.82. The summed E-state index contributed by atoms with van der Waals surface area (Å²) in [5, 5.41) is 0. The third kappa shape index (κ3) is 2.97. The highest BCUT2D eigenvalue weighted by Crippen LogP contribution is 2.22. The first-order valence-electron chi connectivity index (χ1n) is 6.02. The third-order valence-corrected chi connectivity index (χ3v) is 4.39. The minimum atomic E-state index is -3.83. The van der Waals surface area contributed by atoms with Crippen LogP contribution in [0.2, 0.25) is 0 Å². The van der Waals surface area contributed by atoms with Gasteiger partial charge in [-0.1, -0.05) is 17.7 Å². The van der Waals surface area contributed by atoms with E-state index in [1.165, 1.54) is 12.1 Å². The molecule has 1 aliphatic carbocycles. The van der Waals surface area contributed by atoms with Crippen molar-refractivity contribution in [3.05, 3.63) is 29.8 Å². The van der Waals surface area contributed by atoms with Crippen molar-refractivity contribution < 1.29 is 17.4 Å². The number of rotatable bonds is 3. The van der Waals surface area contributed by atoms with Crippen molar-refractivity contribution in [3.8, 4) is 0 Å². The summed E-state index contributed by atoms with van der Waals surface area (Å²) in [5.41, 5.74) is 0.975. The van der Waals surface area contributed by atoms with E-state index in [0.29, 0.717) is 12.8 Å². The molecule has 0 aromatic heterocycles. The molecule has 0 heterocycles. The van der Waals surface area contributed by atoms with Gasteiger partial charge in [-0.25, -0.2) is 0 Å². The van der Waals surface area contributed by atoms with Crippen LogP contribution in [-0.2, 0) is 19.1 Å². The molecule has 1 aromatic carbocycles. The Hall–Kier alpha value is -1.20. The summed E-state index contributed by atoms with van der Waals surface area (Å²) < 4.78 is 29.0. The molecular weight excluding hydrogens is 252 g/mol. The Balaban J connectivity index is 2.16. The normalized spacial score (nSPS) is 20.9. The summed E-state index contributed by atoms with van der Waals surface area (Å²) in [6.07, 6.45) is 1.76. The molecule has 1 atom stereocenters. The number of ketones is 1. The summed E-state index contributed by atoms with van der Waals surface area (Å²) in [7, 11) is -3.83. The van der Waals surface area contributed by atoms with Crippen LogP contribution >= 0.6 is 0 Å². The first-order valence-corrected chi connectivity index (χ1v) is 7.42. The number of benzene rings is 1. The maximum absolute atomic E-state index is 12.0. The molecule has 2 rings (SSSR count). The van der Waals surface area contributed by atoms with Crippen molar-refractivity contribution in [2.45, 2.75) is 43.6 Å². The van der Waals surface area contributed by atoms with Crippen molar-refractivity contribution in [1.82, 2.24) is 0 Å². The van der Waals surface area contributed by atoms with Crippen LogP contribution in [0.3, 0.4) is 0 Å².